The Bertz CT molecular complexity index is 1580. The van der Waals surface area contributed by atoms with Crippen LogP contribution in [-0.2, 0) is 13.1 Å². The Hall–Kier alpha value is -3.42. The van der Waals surface area contributed by atoms with Gasteiger partial charge in [-0.05, 0) is 59.3 Å². The first-order valence-corrected chi connectivity index (χ1v) is 15.5. The topological polar surface area (TPSA) is 38.7 Å². The number of benzene rings is 4. The highest BCUT2D eigenvalue weighted by Gasteiger charge is 2.23. The van der Waals surface area contributed by atoms with Crippen molar-refractivity contribution in [3.8, 4) is 0 Å². The summed E-state index contributed by atoms with van der Waals surface area (Å²) in [5.74, 6) is 0. The van der Waals surface area contributed by atoms with Crippen LogP contribution in [0.25, 0.3) is 21.8 Å². The number of aromatic nitrogens is 2. The average Bonchev–Trinajstić information content (AvgIpc) is 3.01. The van der Waals surface area contributed by atoms with Crippen LogP contribution < -0.4 is 9.80 Å². The highest BCUT2D eigenvalue weighted by molar-refractivity contribution is 6.31. The van der Waals surface area contributed by atoms with E-state index in [-0.39, 0.29) is 0 Å². The molecule has 7 rings (SSSR count). The van der Waals surface area contributed by atoms with Crippen LogP contribution in [0.4, 0.5) is 11.4 Å². The molecule has 0 atom stereocenters. The summed E-state index contributed by atoms with van der Waals surface area (Å²) in [5.41, 5.74) is 6.50. The second-order valence-electron chi connectivity index (χ2n) is 11.3. The fraction of sp³-hybridized carbons (Fsp3) is 0.294. The van der Waals surface area contributed by atoms with Crippen molar-refractivity contribution in [2.45, 2.75) is 13.1 Å². The minimum Gasteiger partial charge on any atom is -0.369 e. The van der Waals surface area contributed by atoms with Gasteiger partial charge in [0.25, 0.3) is 0 Å². The van der Waals surface area contributed by atoms with E-state index in [4.69, 9.17) is 33.2 Å². The molecule has 4 aromatic carbocycles. The minimum atomic E-state index is 0.784. The van der Waals surface area contributed by atoms with Crippen molar-refractivity contribution in [1.29, 1.82) is 0 Å². The molecular weight excluding hydrogens is 563 g/mol. The maximum absolute atomic E-state index is 6.26. The lowest BCUT2D eigenvalue weighted by atomic mass is 10.1. The molecule has 5 aromatic rings. The zero-order valence-electron chi connectivity index (χ0n) is 23.6. The molecule has 2 aliphatic rings. The van der Waals surface area contributed by atoms with Gasteiger partial charge in [0.05, 0.1) is 22.4 Å². The number of rotatable bonds is 6. The van der Waals surface area contributed by atoms with Crippen molar-refractivity contribution in [2.75, 3.05) is 62.2 Å². The van der Waals surface area contributed by atoms with Gasteiger partial charge < -0.3 is 9.80 Å². The van der Waals surface area contributed by atoms with E-state index in [0.29, 0.717) is 0 Å². The zero-order valence-corrected chi connectivity index (χ0v) is 25.1. The van der Waals surface area contributed by atoms with E-state index in [1.54, 1.807) is 0 Å². The molecule has 0 N–H and O–H groups in total. The molecule has 0 saturated carbocycles. The summed E-state index contributed by atoms with van der Waals surface area (Å²) in [6.07, 6.45) is 0. The molecule has 42 heavy (non-hydrogen) atoms. The predicted octanol–water partition coefficient (Wildman–Crippen LogP) is 6.73. The molecule has 3 heterocycles. The number of piperazine rings is 2. The Balaban J connectivity index is 1.11. The molecule has 0 bridgehead atoms. The van der Waals surface area contributed by atoms with Gasteiger partial charge in [-0.2, -0.15) is 0 Å². The molecule has 2 aliphatic heterocycles. The molecule has 8 heteroatoms. The van der Waals surface area contributed by atoms with E-state index in [0.717, 1.165) is 97.9 Å². The summed E-state index contributed by atoms with van der Waals surface area (Å²) in [7, 11) is 0. The summed E-state index contributed by atoms with van der Waals surface area (Å²) in [6.45, 7) is 9.36. The van der Waals surface area contributed by atoms with E-state index in [1.165, 1.54) is 22.1 Å². The van der Waals surface area contributed by atoms with Gasteiger partial charge in [0.15, 0.2) is 0 Å². The van der Waals surface area contributed by atoms with Crippen LogP contribution in [0.5, 0.6) is 0 Å². The minimum absolute atomic E-state index is 0.784. The van der Waals surface area contributed by atoms with Gasteiger partial charge in [-0.3, -0.25) is 9.80 Å². The number of hydrogen-bond acceptors (Lipinski definition) is 6. The van der Waals surface area contributed by atoms with E-state index in [1.807, 2.05) is 24.3 Å². The SMILES string of the molecule is Clc1cccc(N2CCN(Cc3nc4cc5ccccc5cc4nc3CN3CCN(c4cccc(Cl)c4)CC3)CC2)c1. The average molecular weight is 598 g/mol. The third-order valence-corrected chi connectivity index (χ3v) is 9.00. The quantitative estimate of drug-likeness (QED) is 0.202. The van der Waals surface area contributed by atoms with Crippen molar-refractivity contribution in [2.24, 2.45) is 0 Å². The van der Waals surface area contributed by atoms with Crippen LogP contribution in [-0.4, -0.2) is 72.1 Å². The molecular formula is C34H34Cl2N6. The van der Waals surface area contributed by atoms with Crippen LogP contribution in [0.1, 0.15) is 11.4 Å². The lowest BCUT2D eigenvalue weighted by Crippen LogP contribution is -2.47. The smallest absolute Gasteiger partial charge is 0.0897 e. The van der Waals surface area contributed by atoms with Crippen molar-refractivity contribution < 1.29 is 0 Å². The maximum Gasteiger partial charge on any atom is 0.0897 e. The Morgan fingerprint density at radius 3 is 1.33 bits per heavy atom. The first kappa shape index (κ1) is 27.4. The lowest BCUT2D eigenvalue weighted by Gasteiger charge is -2.37. The summed E-state index contributed by atoms with van der Waals surface area (Å²) in [5, 5.41) is 3.97. The summed E-state index contributed by atoms with van der Waals surface area (Å²) >= 11 is 12.5. The Morgan fingerprint density at radius 2 is 0.929 bits per heavy atom. The molecule has 6 nitrogen and oxygen atoms in total. The predicted molar refractivity (Wildman–Crippen MR) is 175 cm³/mol. The van der Waals surface area contributed by atoms with E-state index in [9.17, 15) is 0 Å². The molecule has 0 radical (unpaired) electrons. The van der Waals surface area contributed by atoms with Crippen molar-refractivity contribution in [1.82, 2.24) is 19.8 Å². The number of anilines is 2. The van der Waals surface area contributed by atoms with Crippen molar-refractivity contribution in [3.63, 3.8) is 0 Å². The number of fused-ring (bicyclic) bond motifs is 2. The zero-order chi connectivity index (χ0) is 28.5. The fourth-order valence-electron chi connectivity index (χ4n) is 6.17. The number of nitrogens with zero attached hydrogens (tertiary/aromatic N) is 6. The highest BCUT2D eigenvalue weighted by Crippen LogP contribution is 2.26. The molecule has 1 aromatic heterocycles. The maximum atomic E-state index is 6.26. The first-order valence-electron chi connectivity index (χ1n) is 14.7. The van der Waals surface area contributed by atoms with Gasteiger partial charge >= 0.3 is 0 Å². The third kappa shape index (κ3) is 6.04. The number of halogens is 2. The molecule has 0 amide bonds. The van der Waals surface area contributed by atoms with Crippen molar-refractivity contribution >= 4 is 56.4 Å². The van der Waals surface area contributed by atoms with E-state index >= 15 is 0 Å². The van der Waals surface area contributed by atoms with Gasteiger partial charge in [-0.1, -0.05) is 59.6 Å². The van der Waals surface area contributed by atoms with Crippen LogP contribution in [0.3, 0.4) is 0 Å². The number of hydrogen-bond donors (Lipinski definition) is 0. The third-order valence-electron chi connectivity index (χ3n) is 8.52. The molecule has 214 valence electrons. The van der Waals surface area contributed by atoms with Gasteiger partial charge in [-0.25, -0.2) is 9.97 Å². The molecule has 2 fully saturated rings. The van der Waals surface area contributed by atoms with Gasteiger partial charge in [0, 0.05) is 86.9 Å². The Kier molecular flexibility index (Phi) is 7.87. The summed E-state index contributed by atoms with van der Waals surface area (Å²) in [4.78, 5) is 20.4. The van der Waals surface area contributed by atoms with Crippen LogP contribution >= 0.6 is 23.2 Å². The van der Waals surface area contributed by atoms with Gasteiger partial charge in [0.1, 0.15) is 0 Å². The fourth-order valence-corrected chi connectivity index (χ4v) is 6.54. The standard InChI is InChI=1S/C34H34Cl2N6/c35-27-7-3-9-29(21-27)41-15-11-39(12-16-41)23-33-34(38-32-20-26-6-2-1-5-25(26)19-31(32)37-33)24-40-13-17-42(18-14-40)30-10-4-8-28(36)22-30/h1-10,19-22H,11-18,23-24H2. The van der Waals surface area contributed by atoms with Crippen LogP contribution in [0.2, 0.25) is 10.0 Å². The van der Waals surface area contributed by atoms with Gasteiger partial charge in [0.2, 0.25) is 0 Å². The van der Waals surface area contributed by atoms with E-state index < -0.39 is 0 Å². The monoisotopic (exact) mass is 596 g/mol. The van der Waals surface area contributed by atoms with Gasteiger partial charge in [-0.15, -0.1) is 0 Å². The molecule has 2 saturated heterocycles. The Morgan fingerprint density at radius 1 is 0.500 bits per heavy atom. The summed E-state index contributed by atoms with van der Waals surface area (Å²) in [6, 6.07) is 29.2. The van der Waals surface area contributed by atoms with E-state index in [2.05, 4.69) is 80.3 Å². The molecule has 0 aliphatic carbocycles. The Labute approximate surface area is 257 Å². The summed E-state index contributed by atoms with van der Waals surface area (Å²) < 4.78 is 0. The largest absolute Gasteiger partial charge is 0.369 e. The van der Waals surface area contributed by atoms with Crippen LogP contribution in [0, 0.1) is 0 Å². The second-order valence-corrected chi connectivity index (χ2v) is 12.2. The van der Waals surface area contributed by atoms with Crippen LogP contribution in [0.15, 0.2) is 84.9 Å². The lowest BCUT2D eigenvalue weighted by molar-refractivity contribution is 0.233. The van der Waals surface area contributed by atoms with Crippen molar-refractivity contribution in [3.05, 3.63) is 106 Å². The molecule has 0 spiro atoms. The first-order chi connectivity index (χ1) is 20.6. The highest BCUT2D eigenvalue weighted by atomic mass is 35.5. The second kappa shape index (κ2) is 12.1. The normalized spacial score (nSPS) is 16.9. The molecule has 0 unspecified atom stereocenters.